The van der Waals surface area contributed by atoms with Gasteiger partial charge < -0.3 is 15.5 Å². The van der Waals surface area contributed by atoms with Crippen molar-refractivity contribution in [2.24, 2.45) is 0 Å². The van der Waals surface area contributed by atoms with Crippen LogP contribution in [0.1, 0.15) is 30.9 Å². The number of halogens is 1. The third-order valence-electron chi connectivity index (χ3n) is 5.26. The van der Waals surface area contributed by atoms with Crippen LogP contribution in [0.5, 0.6) is 5.75 Å². The number of nitrogens with one attached hydrogen (secondary N) is 1. The van der Waals surface area contributed by atoms with Crippen LogP contribution in [0.4, 0.5) is 5.82 Å². The van der Waals surface area contributed by atoms with E-state index in [1.54, 1.807) is 0 Å². The van der Waals surface area contributed by atoms with Crippen molar-refractivity contribution in [2.75, 3.05) is 25.0 Å². The molecule has 1 fully saturated rings. The number of rotatable bonds is 5. The van der Waals surface area contributed by atoms with Crippen LogP contribution in [0.3, 0.4) is 0 Å². The summed E-state index contributed by atoms with van der Waals surface area (Å²) in [6.45, 7) is 8.00. The van der Waals surface area contributed by atoms with Gasteiger partial charge in [0.2, 0.25) is 0 Å². The van der Waals surface area contributed by atoms with E-state index in [-0.39, 0.29) is 24.4 Å². The molecule has 7 nitrogen and oxygen atoms in total. The van der Waals surface area contributed by atoms with Crippen molar-refractivity contribution in [3.63, 3.8) is 0 Å². The van der Waals surface area contributed by atoms with Gasteiger partial charge in [-0.15, -0.1) is 10.2 Å². The number of nitrogens with zero attached hydrogens (tertiary/aromatic N) is 4. The largest absolute Gasteiger partial charge is 0.506 e. The normalized spacial score (nSPS) is 19.1. The van der Waals surface area contributed by atoms with Gasteiger partial charge in [-0.2, -0.15) is 0 Å². The maximum Gasteiger partial charge on any atom is 0.152 e. The fourth-order valence-corrected chi connectivity index (χ4v) is 3.56. The molecule has 1 aliphatic rings. The number of likely N-dealkylation sites (tertiary alicyclic amines) is 1. The Morgan fingerprint density at radius 1 is 1.30 bits per heavy atom. The van der Waals surface area contributed by atoms with E-state index in [9.17, 15) is 10.2 Å². The molecule has 0 aliphatic carbocycles. The third-order valence-corrected chi connectivity index (χ3v) is 5.47. The van der Waals surface area contributed by atoms with E-state index >= 15 is 0 Å². The molecule has 3 heterocycles. The zero-order valence-electron chi connectivity index (χ0n) is 15.9. The maximum atomic E-state index is 10.1. The summed E-state index contributed by atoms with van der Waals surface area (Å²) >= 11 is 5.87. The number of aliphatic hydroxyl groups is 1. The van der Waals surface area contributed by atoms with Gasteiger partial charge in [0.15, 0.2) is 5.82 Å². The molecule has 0 spiro atoms. The average molecular weight is 392 g/mol. The molecule has 0 amide bonds. The molecule has 2 unspecified atom stereocenters. The molecule has 2 atom stereocenters. The van der Waals surface area contributed by atoms with Crippen LogP contribution in [-0.4, -0.2) is 62.1 Å². The van der Waals surface area contributed by atoms with Crippen molar-refractivity contribution < 1.29 is 10.2 Å². The lowest BCUT2D eigenvalue weighted by atomic mass is 10.0. The molecular formula is C19H26ClN5O2. The molecule has 2 aromatic rings. The monoisotopic (exact) mass is 391 g/mol. The molecule has 0 aromatic carbocycles. The molecule has 8 heteroatoms. The molecule has 146 valence electrons. The summed E-state index contributed by atoms with van der Waals surface area (Å²) in [7, 11) is 0. The van der Waals surface area contributed by atoms with Crippen molar-refractivity contribution in [2.45, 2.75) is 45.7 Å². The second-order valence-electron chi connectivity index (χ2n) is 7.18. The number of aliphatic hydroxyl groups excluding tert-OH is 1. The van der Waals surface area contributed by atoms with E-state index in [4.69, 9.17) is 11.6 Å². The van der Waals surface area contributed by atoms with E-state index < -0.39 is 0 Å². The summed E-state index contributed by atoms with van der Waals surface area (Å²) in [4.78, 5) is 6.49. The van der Waals surface area contributed by atoms with Gasteiger partial charge in [-0.25, -0.2) is 4.98 Å². The highest BCUT2D eigenvalue weighted by atomic mass is 35.5. The Morgan fingerprint density at radius 3 is 2.78 bits per heavy atom. The highest BCUT2D eigenvalue weighted by molar-refractivity contribution is 6.30. The molecule has 0 saturated carbocycles. The summed E-state index contributed by atoms with van der Waals surface area (Å²) in [6, 6.07) is 1.86. The summed E-state index contributed by atoms with van der Waals surface area (Å²) in [5.41, 5.74) is 2.81. The van der Waals surface area contributed by atoms with Crippen LogP contribution in [0.15, 0.2) is 12.3 Å². The van der Waals surface area contributed by atoms with Gasteiger partial charge in [0.05, 0.1) is 11.6 Å². The Morgan fingerprint density at radius 2 is 2.07 bits per heavy atom. The van der Waals surface area contributed by atoms with E-state index in [0.29, 0.717) is 16.4 Å². The molecule has 3 rings (SSSR count). The first-order valence-electron chi connectivity index (χ1n) is 9.21. The first-order chi connectivity index (χ1) is 12.9. The predicted molar refractivity (Wildman–Crippen MR) is 106 cm³/mol. The van der Waals surface area contributed by atoms with E-state index in [2.05, 4.69) is 25.4 Å². The molecule has 1 aliphatic heterocycles. The van der Waals surface area contributed by atoms with Crippen LogP contribution in [0, 0.1) is 13.8 Å². The Hall–Kier alpha value is -1.96. The number of hydrogen-bond acceptors (Lipinski definition) is 7. The summed E-state index contributed by atoms with van der Waals surface area (Å²) in [5, 5.41) is 32.1. The number of aromatic nitrogens is 3. The molecule has 0 bridgehead atoms. The van der Waals surface area contributed by atoms with E-state index in [1.807, 2.05) is 20.8 Å². The number of hydrogen-bond donors (Lipinski definition) is 3. The minimum atomic E-state index is -0.0130. The van der Waals surface area contributed by atoms with Crippen LogP contribution in [0.25, 0.3) is 11.4 Å². The first-order valence-corrected chi connectivity index (χ1v) is 9.58. The SMILES string of the molecule is Cc1c(NC2CCCN(C(C)CO)C2)nnc(-c2ncc(Cl)cc2O)c1C. The second-order valence-corrected chi connectivity index (χ2v) is 7.61. The fraction of sp³-hybridized carbons (Fsp3) is 0.526. The number of piperidine rings is 1. The maximum absolute atomic E-state index is 10.1. The fourth-order valence-electron chi connectivity index (χ4n) is 3.41. The van der Waals surface area contributed by atoms with Crippen molar-refractivity contribution >= 4 is 17.4 Å². The van der Waals surface area contributed by atoms with Crippen molar-refractivity contribution in [1.82, 2.24) is 20.1 Å². The quantitative estimate of drug-likeness (QED) is 0.721. The van der Waals surface area contributed by atoms with E-state index in [0.717, 1.165) is 42.9 Å². The van der Waals surface area contributed by atoms with Gasteiger partial charge >= 0.3 is 0 Å². The summed E-state index contributed by atoms with van der Waals surface area (Å²) in [5.74, 6) is 0.731. The predicted octanol–water partition coefficient (Wildman–Crippen LogP) is 2.77. The highest BCUT2D eigenvalue weighted by Gasteiger charge is 2.24. The minimum absolute atomic E-state index is 0.0130. The Bertz CT molecular complexity index is 817. The Balaban J connectivity index is 1.81. The highest BCUT2D eigenvalue weighted by Crippen LogP contribution is 2.32. The zero-order chi connectivity index (χ0) is 19.6. The lowest BCUT2D eigenvalue weighted by molar-refractivity contribution is 0.110. The van der Waals surface area contributed by atoms with E-state index in [1.165, 1.54) is 12.3 Å². The molecule has 3 N–H and O–H groups in total. The molecule has 1 saturated heterocycles. The van der Waals surface area contributed by atoms with Crippen LogP contribution in [0.2, 0.25) is 5.02 Å². The van der Waals surface area contributed by atoms with Gasteiger partial charge in [0.1, 0.15) is 17.1 Å². The number of aromatic hydroxyl groups is 1. The molecule has 27 heavy (non-hydrogen) atoms. The van der Waals surface area contributed by atoms with Crippen molar-refractivity contribution in [3.05, 3.63) is 28.4 Å². The lowest BCUT2D eigenvalue weighted by Gasteiger charge is -2.36. The lowest BCUT2D eigenvalue weighted by Crippen LogP contribution is -2.47. The molecule has 0 radical (unpaired) electrons. The summed E-state index contributed by atoms with van der Waals surface area (Å²) in [6.07, 6.45) is 3.61. The van der Waals surface area contributed by atoms with Gasteiger partial charge in [-0.3, -0.25) is 4.90 Å². The van der Waals surface area contributed by atoms with Crippen LogP contribution < -0.4 is 5.32 Å². The minimum Gasteiger partial charge on any atom is -0.506 e. The molecular weight excluding hydrogens is 366 g/mol. The van der Waals surface area contributed by atoms with Crippen molar-refractivity contribution in [3.8, 4) is 17.1 Å². The van der Waals surface area contributed by atoms with Gasteiger partial charge in [-0.1, -0.05) is 11.6 Å². The second kappa shape index (κ2) is 8.37. The average Bonchev–Trinajstić information content (AvgIpc) is 2.66. The first kappa shape index (κ1) is 19.8. The van der Waals surface area contributed by atoms with Gasteiger partial charge in [0, 0.05) is 30.9 Å². The number of anilines is 1. The van der Waals surface area contributed by atoms with Crippen molar-refractivity contribution in [1.29, 1.82) is 0 Å². The Kier molecular flexibility index (Phi) is 6.14. The number of pyridine rings is 1. The van der Waals surface area contributed by atoms with Crippen LogP contribution >= 0.6 is 11.6 Å². The van der Waals surface area contributed by atoms with Gasteiger partial charge in [-0.05, 0) is 51.3 Å². The topological polar surface area (TPSA) is 94.4 Å². The van der Waals surface area contributed by atoms with Gasteiger partial charge in [0.25, 0.3) is 0 Å². The Labute approximate surface area is 164 Å². The smallest absolute Gasteiger partial charge is 0.152 e. The summed E-state index contributed by atoms with van der Waals surface area (Å²) < 4.78 is 0. The third kappa shape index (κ3) is 4.31. The van der Waals surface area contributed by atoms with Crippen LogP contribution in [-0.2, 0) is 0 Å². The standard InChI is InChI=1S/C19H26ClN5O2/c1-11(10-26)25-6-4-5-15(9-25)22-19-13(3)12(2)17(23-24-19)18-16(27)7-14(20)8-21-18/h7-8,11,15,26-27H,4-6,9-10H2,1-3H3,(H,22,24). The molecule has 2 aromatic heterocycles. The zero-order valence-corrected chi connectivity index (χ0v) is 16.7.